The molecule has 0 bridgehead atoms. The second kappa shape index (κ2) is 5.88. The zero-order chi connectivity index (χ0) is 13.8. The number of nitrogens with one attached hydrogen (secondary N) is 1. The SMILES string of the molecule is CCOC(=O)c1cc(F)c(N)c(NCC2CCO2)c1. The van der Waals surface area contributed by atoms with E-state index >= 15 is 0 Å². The fraction of sp³-hybridized carbons (Fsp3) is 0.462. The minimum atomic E-state index is -0.636. The van der Waals surface area contributed by atoms with Crippen LogP contribution in [0.15, 0.2) is 12.1 Å². The molecule has 1 atom stereocenters. The number of nitrogens with two attached hydrogens (primary N) is 1. The number of carbonyl (C=O) groups is 1. The van der Waals surface area contributed by atoms with Crippen LogP contribution >= 0.6 is 0 Å². The van der Waals surface area contributed by atoms with Gasteiger partial charge >= 0.3 is 5.97 Å². The van der Waals surface area contributed by atoms with Crippen molar-refractivity contribution in [3.05, 3.63) is 23.5 Å². The van der Waals surface area contributed by atoms with Gasteiger partial charge in [-0.05, 0) is 25.5 Å². The van der Waals surface area contributed by atoms with Crippen LogP contribution in [0.5, 0.6) is 0 Å². The van der Waals surface area contributed by atoms with E-state index in [0.717, 1.165) is 19.1 Å². The molecule has 1 aromatic rings. The van der Waals surface area contributed by atoms with Gasteiger partial charge in [-0.1, -0.05) is 0 Å². The molecule has 19 heavy (non-hydrogen) atoms. The average Bonchev–Trinajstić information content (AvgIpc) is 2.32. The van der Waals surface area contributed by atoms with E-state index in [9.17, 15) is 9.18 Å². The van der Waals surface area contributed by atoms with E-state index in [1.165, 1.54) is 6.07 Å². The van der Waals surface area contributed by atoms with Gasteiger partial charge < -0.3 is 20.5 Å². The highest BCUT2D eigenvalue weighted by Crippen LogP contribution is 2.25. The molecule has 2 rings (SSSR count). The Morgan fingerprint density at radius 2 is 2.37 bits per heavy atom. The number of hydrogen-bond acceptors (Lipinski definition) is 5. The number of rotatable bonds is 5. The Morgan fingerprint density at radius 3 is 2.95 bits per heavy atom. The molecular weight excluding hydrogens is 251 g/mol. The van der Waals surface area contributed by atoms with Crippen LogP contribution in [0.2, 0.25) is 0 Å². The molecule has 3 N–H and O–H groups in total. The lowest BCUT2D eigenvalue weighted by atomic mass is 10.1. The fourth-order valence-electron chi connectivity index (χ4n) is 1.77. The maximum atomic E-state index is 13.7. The second-order valence-corrected chi connectivity index (χ2v) is 4.30. The minimum absolute atomic E-state index is 0.00706. The largest absolute Gasteiger partial charge is 0.462 e. The highest BCUT2D eigenvalue weighted by Gasteiger charge is 2.19. The molecule has 1 aliphatic rings. The average molecular weight is 268 g/mol. The molecule has 6 heteroatoms. The Morgan fingerprint density at radius 1 is 1.63 bits per heavy atom. The predicted molar refractivity (Wildman–Crippen MR) is 69.6 cm³/mol. The third kappa shape index (κ3) is 3.14. The van der Waals surface area contributed by atoms with Gasteiger partial charge in [0.05, 0.1) is 29.6 Å². The van der Waals surface area contributed by atoms with Crippen molar-refractivity contribution in [2.45, 2.75) is 19.4 Å². The van der Waals surface area contributed by atoms with Crippen molar-refractivity contribution in [2.75, 3.05) is 30.8 Å². The first-order valence-electron chi connectivity index (χ1n) is 6.23. The van der Waals surface area contributed by atoms with Crippen LogP contribution < -0.4 is 11.1 Å². The molecule has 0 spiro atoms. The van der Waals surface area contributed by atoms with Crippen molar-refractivity contribution in [1.29, 1.82) is 0 Å². The number of hydrogen-bond donors (Lipinski definition) is 2. The Bertz CT molecular complexity index is 475. The first-order chi connectivity index (χ1) is 9.11. The molecule has 0 amide bonds. The molecular formula is C13H17FN2O3. The lowest BCUT2D eigenvalue weighted by Crippen LogP contribution is -2.33. The summed E-state index contributed by atoms with van der Waals surface area (Å²) in [7, 11) is 0. The number of esters is 1. The van der Waals surface area contributed by atoms with Gasteiger partial charge in [-0.15, -0.1) is 0 Å². The monoisotopic (exact) mass is 268 g/mol. The molecule has 1 fully saturated rings. The van der Waals surface area contributed by atoms with Crippen molar-refractivity contribution >= 4 is 17.3 Å². The second-order valence-electron chi connectivity index (χ2n) is 4.30. The van der Waals surface area contributed by atoms with Crippen LogP contribution in [0, 0.1) is 5.82 Å². The maximum Gasteiger partial charge on any atom is 0.338 e. The van der Waals surface area contributed by atoms with E-state index in [-0.39, 0.29) is 24.0 Å². The summed E-state index contributed by atoms with van der Waals surface area (Å²) in [5.74, 6) is -1.20. The Kier molecular flexibility index (Phi) is 4.21. The summed E-state index contributed by atoms with van der Waals surface area (Å²) in [6.07, 6.45) is 1.08. The third-order valence-electron chi connectivity index (χ3n) is 2.95. The summed E-state index contributed by atoms with van der Waals surface area (Å²) in [6, 6.07) is 2.58. The van der Waals surface area contributed by atoms with Gasteiger partial charge in [0.1, 0.15) is 5.82 Å². The smallest absolute Gasteiger partial charge is 0.338 e. The van der Waals surface area contributed by atoms with Crippen molar-refractivity contribution in [3.8, 4) is 0 Å². The number of nitrogen functional groups attached to an aromatic ring is 1. The van der Waals surface area contributed by atoms with Crippen LogP contribution in [0.3, 0.4) is 0 Å². The summed E-state index contributed by atoms with van der Waals surface area (Å²) in [5, 5.41) is 3.00. The summed E-state index contributed by atoms with van der Waals surface area (Å²) < 4.78 is 23.7. The topological polar surface area (TPSA) is 73.6 Å². The standard InChI is InChI=1S/C13H17FN2O3/c1-2-18-13(17)8-5-10(14)12(15)11(6-8)16-7-9-3-4-19-9/h5-6,9,16H,2-4,7,15H2,1H3. The molecule has 1 unspecified atom stereocenters. The highest BCUT2D eigenvalue weighted by molar-refractivity contribution is 5.92. The van der Waals surface area contributed by atoms with Crippen molar-refractivity contribution < 1.29 is 18.7 Å². The molecule has 0 saturated carbocycles. The van der Waals surface area contributed by atoms with Crippen molar-refractivity contribution in [3.63, 3.8) is 0 Å². The number of halogens is 1. The van der Waals surface area contributed by atoms with Crippen LogP contribution in [0.1, 0.15) is 23.7 Å². The lowest BCUT2D eigenvalue weighted by molar-refractivity contribution is -0.0410. The van der Waals surface area contributed by atoms with Gasteiger partial charge in [0.15, 0.2) is 0 Å². The zero-order valence-electron chi connectivity index (χ0n) is 10.7. The maximum absolute atomic E-state index is 13.7. The molecule has 1 heterocycles. The fourth-order valence-corrected chi connectivity index (χ4v) is 1.77. The quantitative estimate of drug-likeness (QED) is 0.629. The normalized spacial score (nSPS) is 17.7. The first kappa shape index (κ1) is 13.6. The van der Waals surface area contributed by atoms with Crippen LogP contribution in [0.4, 0.5) is 15.8 Å². The van der Waals surface area contributed by atoms with Crippen molar-refractivity contribution in [1.82, 2.24) is 0 Å². The van der Waals surface area contributed by atoms with Gasteiger partial charge in [-0.2, -0.15) is 0 Å². The van der Waals surface area contributed by atoms with Crippen molar-refractivity contribution in [2.24, 2.45) is 0 Å². The van der Waals surface area contributed by atoms with Gasteiger partial charge in [0.2, 0.25) is 0 Å². The first-order valence-corrected chi connectivity index (χ1v) is 6.23. The van der Waals surface area contributed by atoms with Gasteiger partial charge in [-0.25, -0.2) is 9.18 Å². The molecule has 0 aliphatic carbocycles. The van der Waals surface area contributed by atoms with E-state index in [2.05, 4.69) is 5.32 Å². The highest BCUT2D eigenvalue weighted by atomic mass is 19.1. The molecule has 1 aromatic carbocycles. The lowest BCUT2D eigenvalue weighted by Gasteiger charge is -2.27. The molecule has 1 saturated heterocycles. The van der Waals surface area contributed by atoms with E-state index in [1.54, 1.807) is 6.92 Å². The van der Waals surface area contributed by atoms with E-state index in [4.69, 9.17) is 15.2 Å². The number of ether oxygens (including phenoxy) is 2. The zero-order valence-corrected chi connectivity index (χ0v) is 10.7. The number of benzene rings is 1. The van der Waals surface area contributed by atoms with Gasteiger partial charge in [0, 0.05) is 13.2 Å². The summed E-state index contributed by atoms with van der Waals surface area (Å²) in [5.41, 5.74) is 6.17. The minimum Gasteiger partial charge on any atom is -0.462 e. The summed E-state index contributed by atoms with van der Waals surface area (Å²) in [4.78, 5) is 11.6. The number of carbonyl (C=O) groups excluding carboxylic acids is 1. The molecule has 5 nitrogen and oxygen atoms in total. The third-order valence-corrected chi connectivity index (χ3v) is 2.95. The molecule has 0 radical (unpaired) electrons. The van der Waals surface area contributed by atoms with Gasteiger partial charge in [0.25, 0.3) is 0 Å². The molecule has 0 aromatic heterocycles. The van der Waals surface area contributed by atoms with E-state index in [0.29, 0.717) is 12.2 Å². The predicted octanol–water partition coefficient (Wildman–Crippen LogP) is 1.79. The number of anilines is 2. The summed E-state index contributed by atoms with van der Waals surface area (Å²) >= 11 is 0. The molecule has 104 valence electrons. The Hall–Kier alpha value is -1.82. The van der Waals surface area contributed by atoms with Crippen LogP contribution in [0.25, 0.3) is 0 Å². The van der Waals surface area contributed by atoms with E-state index < -0.39 is 11.8 Å². The van der Waals surface area contributed by atoms with Gasteiger partial charge in [-0.3, -0.25) is 0 Å². The molecule has 1 aliphatic heterocycles. The Balaban J connectivity index is 2.13. The summed E-state index contributed by atoms with van der Waals surface area (Å²) in [6.45, 7) is 3.22. The van der Waals surface area contributed by atoms with Crippen LogP contribution in [-0.2, 0) is 9.47 Å². The van der Waals surface area contributed by atoms with Crippen LogP contribution in [-0.4, -0.2) is 31.8 Å². The van der Waals surface area contributed by atoms with E-state index in [1.807, 2.05) is 0 Å². The Labute approximate surface area is 110 Å².